The van der Waals surface area contributed by atoms with E-state index in [1.807, 2.05) is 17.8 Å². The highest BCUT2D eigenvalue weighted by molar-refractivity contribution is 8.00. The van der Waals surface area contributed by atoms with Crippen LogP contribution in [-0.2, 0) is 6.54 Å². The molecule has 100 valence electrons. The topological polar surface area (TPSA) is 12.0 Å². The zero-order chi connectivity index (χ0) is 13.0. The lowest BCUT2D eigenvalue weighted by Gasteiger charge is -2.15. The van der Waals surface area contributed by atoms with Crippen molar-refractivity contribution in [2.24, 2.45) is 0 Å². The highest BCUT2D eigenvalue weighted by Gasteiger charge is 2.17. The van der Waals surface area contributed by atoms with Gasteiger partial charge in [-0.2, -0.15) is 0 Å². The van der Waals surface area contributed by atoms with Crippen molar-refractivity contribution in [1.29, 1.82) is 0 Å². The monoisotopic (exact) mass is 283 g/mol. The zero-order valence-corrected chi connectivity index (χ0v) is 12.8. The summed E-state index contributed by atoms with van der Waals surface area (Å²) >= 11 is 8.15. The molecule has 0 spiro atoms. The highest BCUT2D eigenvalue weighted by Crippen LogP contribution is 2.37. The van der Waals surface area contributed by atoms with E-state index in [1.165, 1.54) is 36.1 Å². The van der Waals surface area contributed by atoms with Gasteiger partial charge in [-0.15, -0.1) is 11.8 Å². The summed E-state index contributed by atoms with van der Waals surface area (Å²) in [6.07, 6.45) is 5.52. The molecule has 0 amide bonds. The molecule has 0 aromatic heterocycles. The van der Waals surface area contributed by atoms with Crippen LogP contribution in [0.2, 0.25) is 5.02 Å². The fourth-order valence-electron chi connectivity index (χ4n) is 2.30. The lowest BCUT2D eigenvalue weighted by atomic mass is 10.2. The third kappa shape index (κ3) is 4.18. The van der Waals surface area contributed by atoms with Crippen molar-refractivity contribution in [1.82, 2.24) is 5.32 Å². The normalized spacial score (nSPS) is 16.7. The van der Waals surface area contributed by atoms with E-state index in [9.17, 15) is 0 Å². The van der Waals surface area contributed by atoms with E-state index in [2.05, 4.69) is 31.3 Å². The largest absolute Gasteiger partial charge is 0.310 e. The van der Waals surface area contributed by atoms with Crippen LogP contribution in [0.4, 0.5) is 0 Å². The van der Waals surface area contributed by atoms with Gasteiger partial charge in [-0.1, -0.05) is 38.3 Å². The van der Waals surface area contributed by atoms with Gasteiger partial charge in [0, 0.05) is 27.8 Å². The van der Waals surface area contributed by atoms with Crippen LogP contribution in [0.25, 0.3) is 0 Å². The summed E-state index contributed by atoms with van der Waals surface area (Å²) in [5, 5.41) is 5.13. The molecule has 1 fully saturated rings. The summed E-state index contributed by atoms with van der Waals surface area (Å²) in [7, 11) is 0. The van der Waals surface area contributed by atoms with Gasteiger partial charge in [0.15, 0.2) is 0 Å². The lowest BCUT2D eigenvalue weighted by Crippen LogP contribution is -2.22. The molecule has 1 aliphatic carbocycles. The Hall–Kier alpha value is -0.180. The third-order valence-corrected chi connectivity index (χ3v) is 5.01. The predicted molar refractivity (Wildman–Crippen MR) is 81.5 cm³/mol. The maximum absolute atomic E-state index is 6.11. The summed E-state index contributed by atoms with van der Waals surface area (Å²) in [5.74, 6) is 0. The summed E-state index contributed by atoms with van der Waals surface area (Å²) in [5.41, 5.74) is 1.34. The average Bonchev–Trinajstić information content (AvgIpc) is 2.82. The molecule has 1 aliphatic rings. The molecule has 0 atom stereocenters. The Bertz CT molecular complexity index is 386. The number of thioether (sulfide) groups is 1. The van der Waals surface area contributed by atoms with Crippen LogP contribution < -0.4 is 5.32 Å². The Morgan fingerprint density at radius 2 is 2.06 bits per heavy atom. The van der Waals surface area contributed by atoms with Crippen LogP contribution in [0.15, 0.2) is 23.1 Å². The van der Waals surface area contributed by atoms with E-state index in [4.69, 9.17) is 11.6 Å². The average molecular weight is 284 g/mol. The molecular formula is C15H22ClNS. The molecule has 0 bridgehead atoms. The number of halogens is 1. The summed E-state index contributed by atoms with van der Waals surface area (Å²) < 4.78 is 0. The van der Waals surface area contributed by atoms with Crippen LogP contribution in [0.3, 0.4) is 0 Å². The number of hydrogen-bond donors (Lipinski definition) is 1. The van der Waals surface area contributed by atoms with Crippen molar-refractivity contribution in [3.63, 3.8) is 0 Å². The minimum absolute atomic E-state index is 0.508. The number of rotatable bonds is 5. The quantitative estimate of drug-likeness (QED) is 0.827. The number of nitrogens with one attached hydrogen (secondary N) is 1. The first-order valence-electron chi connectivity index (χ1n) is 6.83. The van der Waals surface area contributed by atoms with Gasteiger partial charge in [-0.25, -0.2) is 0 Å². The molecule has 0 unspecified atom stereocenters. The minimum Gasteiger partial charge on any atom is -0.310 e. The highest BCUT2D eigenvalue weighted by atomic mass is 35.5. The van der Waals surface area contributed by atoms with Gasteiger partial charge in [0.1, 0.15) is 0 Å². The minimum atomic E-state index is 0.508. The fraction of sp³-hybridized carbons (Fsp3) is 0.600. The zero-order valence-electron chi connectivity index (χ0n) is 11.2. The van der Waals surface area contributed by atoms with Crippen molar-refractivity contribution in [3.8, 4) is 0 Å². The van der Waals surface area contributed by atoms with Crippen LogP contribution in [-0.4, -0.2) is 11.3 Å². The van der Waals surface area contributed by atoms with Gasteiger partial charge in [0.25, 0.3) is 0 Å². The maximum Gasteiger partial charge on any atom is 0.0410 e. The number of benzene rings is 1. The maximum atomic E-state index is 6.11. The van der Waals surface area contributed by atoms with E-state index >= 15 is 0 Å². The molecular weight excluding hydrogens is 262 g/mol. The molecule has 18 heavy (non-hydrogen) atoms. The van der Waals surface area contributed by atoms with Gasteiger partial charge < -0.3 is 5.32 Å². The molecule has 3 heteroatoms. The van der Waals surface area contributed by atoms with E-state index in [-0.39, 0.29) is 0 Å². The van der Waals surface area contributed by atoms with Gasteiger partial charge in [0.2, 0.25) is 0 Å². The van der Waals surface area contributed by atoms with Crippen molar-refractivity contribution in [2.75, 3.05) is 0 Å². The van der Waals surface area contributed by atoms with Gasteiger partial charge in [0.05, 0.1) is 0 Å². The Kier molecular flexibility index (Phi) is 5.40. The Morgan fingerprint density at radius 1 is 1.33 bits per heavy atom. The molecule has 2 rings (SSSR count). The molecule has 0 heterocycles. The molecule has 1 nitrogen and oxygen atoms in total. The molecule has 1 aromatic carbocycles. The van der Waals surface area contributed by atoms with E-state index in [0.29, 0.717) is 6.04 Å². The SMILES string of the molecule is CC(C)NCc1cc(Cl)ccc1SC1CCCC1. The number of hydrogen-bond acceptors (Lipinski definition) is 2. The summed E-state index contributed by atoms with van der Waals surface area (Å²) in [6.45, 7) is 5.26. The smallest absolute Gasteiger partial charge is 0.0410 e. The van der Waals surface area contributed by atoms with Gasteiger partial charge >= 0.3 is 0 Å². The summed E-state index contributed by atoms with van der Waals surface area (Å²) in [6, 6.07) is 6.81. The van der Waals surface area contributed by atoms with Gasteiger partial charge in [-0.3, -0.25) is 0 Å². The molecule has 0 aliphatic heterocycles. The fourth-order valence-corrected chi connectivity index (χ4v) is 3.85. The van der Waals surface area contributed by atoms with E-state index in [0.717, 1.165) is 16.8 Å². The third-order valence-electron chi connectivity index (χ3n) is 3.32. The predicted octanol–water partition coefficient (Wildman–Crippen LogP) is 4.87. The Morgan fingerprint density at radius 3 is 2.72 bits per heavy atom. The van der Waals surface area contributed by atoms with Crippen molar-refractivity contribution in [3.05, 3.63) is 28.8 Å². The summed E-state index contributed by atoms with van der Waals surface area (Å²) in [4.78, 5) is 1.40. The lowest BCUT2D eigenvalue weighted by molar-refractivity contribution is 0.584. The van der Waals surface area contributed by atoms with Crippen molar-refractivity contribution in [2.45, 2.75) is 62.3 Å². The first kappa shape index (κ1) is 14.2. The first-order chi connectivity index (χ1) is 8.65. The van der Waals surface area contributed by atoms with Gasteiger partial charge in [-0.05, 0) is 36.6 Å². The standard InChI is InChI=1S/C15H22ClNS/c1-11(2)17-10-12-9-13(16)7-8-15(12)18-14-5-3-4-6-14/h7-9,11,14,17H,3-6,10H2,1-2H3. The van der Waals surface area contributed by atoms with E-state index < -0.39 is 0 Å². The Labute approximate surface area is 120 Å². The second-order valence-corrected chi connectivity index (χ2v) is 7.09. The molecule has 0 radical (unpaired) electrons. The second kappa shape index (κ2) is 6.83. The van der Waals surface area contributed by atoms with E-state index in [1.54, 1.807) is 0 Å². The van der Waals surface area contributed by atoms with Crippen LogP contribution in [0, 0.1) is 0 Å². The van der Waals surface area contributed by atoms with Crippen LogP contribution in [0.5, 0.6) is 0 Å². The molecule has 1 saturated carbocycles. The Balaban J connectivity index is 2.06. The van der Waals surface area contributed by atoms with Crippen LogP contribution in [0.1, 0.15) is 45.1 Å². The van der Waals surface area contributed by atoms with Crippen molar-refractivity contribution >= 4 is 23.4 Å². The molecule has 1 aromatic rings. The van der Waals surface area contributed by atoms with Crippen LogP contribution >= 0.6 is 23.4 Å². The van der Waals surface area contributed by atoms with Crippen molar-refractivity contribution < 1.29 is 0 Å². The first-order valence-corrected chi connectivity index (χ1v) is 8.09. The second-order valence-electron chi connectivity index (χ2n) is 5.31. The molecule has 1 N–H and O–H groups in total. The molecule has 0 saturated heterocycles.